The Morgan fingerprint density at radius 1 is 1.36 bits per heavy atom. The van der Waals surface area contributed by atoms with E-state index in [0.29, 0.717) is 13.2 Å². The van der Waals surface area contributed by atoms with Gasteiger partial charge in [-0.15, -0.1) is 0 Å². The molecule has 0 aliphatic heterocycles. The first kappa shape index (κ1) is 11.0. The molecule has 0 bridgehead atoms. The zero-order valence-corrected chi connectivity index (χ0v) is 9.28. The fourth-order valence-corrected chi connectivity index (χ4v) is 0.981. The van der Waals surface area contributed by atoms with E-state index in [4.69, 9.17) is 9.47 Å². The molecule has 0 spiro atoms. The van der Waals surface area contributed by atoms with E-state index in [1.54, 1.807) is 10.9 Å². The van der Waals surface area contributed by atoms with Crippen LogP contribution in [0.1, 0.15) is 20.8 Å². The number of aryl methyl sites for hydroxylation is 1. The molecule has 4 heteroatoms. The molecule has 0 saturated heterocycles. The molecule has 0 fully saturated rings. The largest absolute Gasteiger partial charge is 0.488 e. The van der Waals surface area contributed by atoms with Crippen LogP contribution in [-0.4, -0.2) is 28.6 Å². The molecule has 0 aliphatic carbocycles. The third-order valence-corrected chi connectivity index (χ3v) is 1.57. The molecule has 0 unspecified atom stereocenters. The molecule has 1 heterocycles. The van der Waals surface area contributed by atoms with Gasteiger partial charge in [-0.05, 0) is 20.8 Å². The van der Waals surface area contributed by atoms with Crippen molar-refractivity contribution in [2.24, 2.45) is 7.05 Å². The molecule has 1 rings (SSSR count). The number of aromatic nitrogens is 2. The van der Waals surface area contributed by atoms with E-state index in [-0.39, 0.29) is 5.60 Å². The topological polar surface area (TPSA) is 36.3 Å². The average molecular weight is 198 g/mol. The minimum Gasteiger partial charge on any atom is -0.488 e. The van der Waals surface area contributed by atoms with Crippen LogP contribution in [0.15, 0.2) is 12.4 Å². The van der Waals surface area contributed by atoms with Gasteiger partial charge in [-0.1, -0.05) is 0 Å². The highest BCUT2D eigenvalue weighted by molar-refractivity contribution is 5.10. The quantitative estimate of drug-likeness (QED) is 0.690. The van der Waals surface area contributed by atoms with E-state index >= 15 is 0 Å². The van der Waals surface area contributed by atoms with Crippen LogP contribution in [0.3, 0.4) is 0 Å². The van der Waals surface area contributed by atoms with Crippen molar-refractivity contribution in [3.8, 4) is 5.75 Å². The van der Waals surface area contributed by atoms with Crippen molar-refractivity contribution in [1.82, 2.24) is 9.78 Å². The summed E-state index contributed by atoms with van der Waals surface area (Å²) in [5.41, 5.74) is -0.0989. The summed E-state index contributed by atoms with van der Waals surface area (Å²) in [4.78, 5) is 0. The Hall–Kier alpha value is -1.03. The van der Waals surface area contributed by atoms with Crippen molar-refractivity contribution in [3.63, 3.8) is 0 Å². The van der Waals surface area contributed by atoms with E-state index in [9.17, 15) is 0 Å². The van der Waals surface area contributed by atoms with E-state index in [1.165, 1.54) is 0 Å². The molecule has 1 aromatic rings. The summed E-state index contributed by atoms with van der Waals surface area (Å²) in [6.07, 6.45) is 3.52. The van der Waals surface area contributed by atoms with Crippen LogP contribution in [0.4, 0.5) is 0 Å². The highest BCUT2D eigenvalue weighted by Crippen LogP contribution is 2.08. The maximum absolute atomic E-state index is 5.51. The second-order valence-corrected chi connectivity index (χ2v) is 4.16. The van der Waals surface area contributed by atoms with Crippen LogP contribution >= 0.6 is 0 Å². The van der Waals surface area contributed by atoms with E-state index < -0.39 is 0 Å². The second-order valence-electron chi connectivity index (χ2n) is 4.16. The van der Waals surface area contributed by atoms with Crippen molar-refractivity contribution in [2.75, 3.05) is 13.2 Å². The van der Waals surface area contributed by atoms with Crippen LogP contribution in [0.25, 0.3) is 0 Å². The monoisotopic (exact) mass is 198 g/mol. The highest BCUT2D eigenvalue weighted by atomic mass is 16.5. The molecular weight excluding hydrogens is 180 g/mol. The van der Waals surface area contributed by atoms with Gasteiger partial charge in [0.25, 0.3) is 0 Å². The minimum atomic E-state index is -0.0989. The lowest BCUT2D eigenvalue weighted by atomic mass is 10.2. The zero-order chi connectivity index (χ0) is 10.6. The lowest BCUT2D eigenvalue weighted by molar-refractivity contribution is -0.0163. The molecule has 0 amide bonds. The molecule has 0 saturated carbocycles. The summed E-state index contributed by atoms with van der Waals surface area (Å²) in [6, 6.07) is 0. The Morgan fingerprint density at radius 2 is 2.07 bits per heavy atom. The van der Waals surface area contributed by atoms with E-state index in [1.807, 2.05) is 34.0 Å². The van der Waals surface area contributed by atoms with Crippen molar-refractivity contribution < 1.29 is 9.47 Å². The summed E-state index contributed by atoms with van der Waals surface area (Å²) >= 11 is 0. The van der Waals surface area contributed by atoms with Crippen molar-refractivity contribution in [1.29, 1.82) is 0 Å². The van der Waals surface area contributed by atoms with Crippen molar-refractivity contribution in [2.45, 2.75) is 26.4 Å². The molecule has 0 atom stereocenters. The van der Waals surface area contributed by atoms with Gasteiger partial charge in [0.2, 0.25) is 0 Å². The van der Waals surface area contributed by atoms with Gasteiger partial charge in [0.05, 0.1) is 24.6 Å². The Kier molecular flexibility index (Phi) is 3.52. The zero-order valence-electron chi connectivity index (χ0n) is 9.28. The summed E-state index contributed by atoms with van der Waals surface area (Å²) < 4.78 is 12.6. The van der Waals surface area contributed by atoms with Gasteiger partial charge in [0.1, 0.15) is 6.61 Å². The number of hydrogen-bond donors (Lipinski definition) is 0. The maximum atomic E-state index is 5.51. The highest BCUT2D eigenvalue weighted by Gasteiger charge is 2.09. The average Bonchev–Trinajstić information content (AvgIpc) is 2.44. The maximum Gasteiger partial charge on any atom is 0.157 e. The molecule has 0 N–H and O–H groups in total. The van der Waals surface area contributed by atoms with Gasteiger partial charge in [0, 0.05) is 7.05 Å². The fourth-order valence-electron chi connectivity index (χ4n) is 0.981. The third-order valence-electron chi connectivity index (χ3n) is 1.57. The minimum absolute atomic E-state index is 0.0989. The summed E-state index contributed by atoms with van der Waals surface area (Å²) in [5, 5.41) is 3.99. The number of nitrogens with zero attached hydrogens (tertiary/aromatic N) is 2. The summed E-state index contributed by atoms with van der Waals surface area (Å²) in [6.45, 7) is 7.23. The van der Waals surface area contributed by atoms with E-state index in [0.717, 1.165) is 5.75 Å². The lowest BCUT2D eigenvalue weighted by Crippen LogP contribution is -2.22. The third kappa shape index (κ3) is 4.28. The molecule has 4 nitrogen and oxygen atoms in total. The predicted octanol–water partition coefficient (Wildman–Crippen LogP) is 1.61. The lowest BCUT2D eigenvalue weighted by Gasteiger charge is -2.19. The molecule has 0 radical (unpaired) electrons. The van der Waals surface area contributed by atoms with Gasteiger partial charge < -0.3 is 9.47 Å². The van der Waals surface area contributed by atoms with Gasteiger partial charge in [-0.3, -0.25) is 4.68 Å². The van der Waals surface area contributed by atoms with Gasteiger partial charge in [-0.25, -0.2) is 0 Å². The number of ether oxygens (including phenoxy) is 2. The van der Waals surface area contributed by atoms with Gasteiger partial charge >= 0.3 is 0 Å². The molecule has 1 aromatic heterocycles. The molecule has 0 aromatic carbocycles. The van der Waals surface area contributed by atoms with Crippen LogP contribution < -0.4 is 4.74 Å². The first-order chi connectivity index (χ1) is 6.47. The van der Waals surface area contributed by atoms with Gasteiger partial charge in [-0.2, -0.15) is 5.10 Å². The first-order valence-corrected chi connectivity index (χ1v) is 4.73. The Bertz CT molecular complexity index is 276. The normalized spacial score (nSPS) is 11.7. The molecule has 0 aliphatic rings. The van der Waals surface area contributed by atoms with E-state index in [2.05, 4.69) is 5.10 Å². The van der Waals surface area contributed by atoms with Crippen LogP contribution in [0.5, 0.6) is 5.75 Å². The molecular formula is C10H18N2O2. The Balaban J connectivity index is 2.16. The predicted molar refractivity (Wildman–Crippen MR) is 54.4 cm³/mol. The smallest absolute Gasteiger partial charge is 0.157 e. The van der Waals surface area contributed by atoms with Crippen LogP contribution in [-0.2, 0) is 11.8 Å². The number of rotatable bonds is 4. The Morgan fingerprint density at radius 3 is 2.57 bits per heavy atom. The first-order valence-electron chi connectivity index (χ1n) is 4.73. The fraction of sp³-hybridized carbons (Fsp3) is 0.700. The van der Waals surface area contributed by atoms with Crippen LogP contribution in [0.2, 0.25) is 0 Å². The molecule has 80 valence electrons. The summed E-state index contributed by atoms with van der Waals surface area (Å²) in [7, 11) is 1.86. The van der Waals surface area contributed by atoms with Crippen molar-refractivity contribution >= 4 is 0 Å². The van der Waals surface area contributed by atoms with Gasteiger partial charge in [0.15, 0.2) is 5.75 Å². The Labute approximate surface area is 84.8 Å². The van der Waals surface area contributed by atoms with Crippen LogP contribution in [0, 0.1) is 0 Å². The molecule has 14 heavy (non-hydrogen) atoms. The summed E-state index contributed by atoms with van der Waals surface area (Å²) in [5.74, 6) is 0.782. The second kappa shape index (κ2) is 4.46. The number of hydrogen-bond acceptors (Lipinski definition) is 3. The SMILES string of the molecule is Cn1cc(OCCOC(C)(C)C)cn1. The standard InChI is InChI=1S/C10H18N2O2/c1-10(2,3)14-6-5-13-9-7-11-12(4)8-9/h7-8H,5-6H2,1-4H3. The van der Waals surface area contributed by atoms with Crippen molar-refractivity contribution in [3.05, 3.63) is 12.4 Å².